The molecular weight excluding hydrogens is 318 g/mol. The summed E-state index contributed by atoms with van der Waals surface area (Å²) in [6.45, 7) is 9.70. The third kappa shape index (κ3) is 2.50. The fraction of sp³-hybridized carbons (Fsp3) is 0.444. The van der Waals surface area contributed by atoms with E-state index in [0.717, 1.165) is 29.8 Å². The van der Waals surface area contributed by atoms with Crippen molar-refractivity contribution in [3.63, 3.8) is 0 Å². The predicted octanol–water partition coefficient (Wildman–Crippen LogP) is 3.31. The smallest absolute Gasteiger partial charge is 0.282 e. The molecule has 7 heteroatoms. The van der Waals surface area contributed by atoms with Crippen LogP contribution in [0, 0.1) is 27.7 Å². The molecule has 1 aliphatic rings. The number of rotatable bonds is 3. The lowest BCUT2D eigenvalue weighted by Crippen LogP contribution is -2.19. The van der Waals surface area contributed by atoms with Crippen molar-refractivity contribution in [3.8, 4) is 0 Å². The van der Waals surface area contributed by atoms with E-state index in [-0.39, 0.29) is 11.4 Å². The quantitative estimate of drug-likeness (QED) is 0.788. The van der Waals surface area contributed by atoms with Gasteiger partial charge in [-0.3, -0.25) is 4.79 Å². The van der Waals surface area contributed by atoms with Gasteiger partial charge in [-0.05, 0) is 53.0 Å². The molecule has 0 atom stereocenters. The van der Waals surface area contributed by atoms with Crippen LogP contribution in [-0.4, -0.2) is 31.2 Å². The molecule has 3 heterocycles. The number of aryl methyl sites for hydroxylation is 2. The molecule has 1 saturated carbocycles. The van der Waals surface area contributed by atoms with Crippen molar-refractivity contribution in [2.75, 3.05) is 5.32 Å². The Labute approximate surface area is 145 Å². The summed E-state index contributed by atoms with van der Waals surface area (Å²) in [4.78, 5) is 21.9. The van der Waals surface area contributed by atoms with Gasteiger partial charge in [-0.2, -0.15) is 10.1 Å². The van der Waals surface area contributed by atoms with Crippen LogP contribution in [0.4, 0.5) is 5.82 Å². The van der Waals surface area contributed by atoms with Crippen LogP contribution >= 0.6 is 0 Å². The van der Waals surface area contributed by atoms with Crippen LogP contribution in [0.5, 0.6) is 0 Å². The van der Waals surface area contributed by atoms with Crippen LogP contribution in [0.1, 0.15) is 52.9 Å². The minimum Gasteiger partial charge on any atom is -0.445 e. The van der Waals surface area contributed by atoms with Crippen molar-refractivity contribution in [1.82, 2.24) is 19.7 Å². The van der Waals surface area contributed by atoms with Crippen molar-refractivity contribution >= 4 is 22.8 Å². The molecular formula is C18H21N5O2. The van der Waals surface area contributed by atoms with Crippen LogP contribution in [0.15, 0.2) is 10.7 Å². The molecule has 1 aliphatic carbocycles. The first-order valence-corrected chi connectivity index (χ1v) is 8.40. The van der Waals surface area contributed by atoms with E-state index in [0.29, 0.717) is 28.3 Å². The summed E-state index contributed by atoms with van der Waals surface area (Å²) in [5, 5.41) is 8.44. The van der Waals surface area contributed by atoms with Gasteiger partial charge in [0.25, 0.3) is 5.91 Å². The maximum absolute atomic E-state index is 13.1. The van der Waals surface area contributed by atoms with E-state index in [1.807, 2.05) is 27.7 Å². The number of anilines is 1. The second kappa shape index (κ2) is 5.15. The van der Waals surface area contributed by atoms with E-state index >= 15 is 0 Å². The van der Waals surface area contributed by atoms with Crippen molar-refractivity contribution in [1.29, 1.82) is 0 Å². The molecule has 4 rings (SSSR count). The van der Waals surface area contributed by atoms with Crippen LogP contribution in [0.25, 0.3) is 11.1 Å². The Balaban J connectivity index is 1.87. The monoisotopic (exact) mass is 339 g/mol. The summed E-state index contributed by atoms with van der Waals surface area (Å²) in [5.74, 6) is 1.02. The van der Waals surface area contributed by atoms with E-state index in [2.05, 4.69) is 27.3 Å². The first kappa shape index (κ1) is 15.8. The number of furan rings is 1. The van der Waals surface area contributed by atoms with Gasteiger partial charge < -0.3 is 9.73 Å². The third-order valence-electron chi connectivity index (χ3n) is 5.04. The van der Waals surface area contributed by atoms with E-state index in [1.54, 1.807) is 0 Å². The van der Waals surface area contributed by atoms with E-state index < -0.39 is 0 Å². The molecule has 25 heavy (non-hydrogen) atoms. The van der Waals surface area contributed by atoms with Gasteiger partial charge >= 0.3 is 0 Å². The van der Waals surface area contributed by atoms with Crippen molar-refractivity contribution < 1.29 is 9.21 Å². The van der Waals surface area contributed by atoms with E-state index in [4.69, 9.17) is 4.42 Å². The highest BCUT2D eigenvalue weighted by Gasteiger charge is 2.38. The zero-order valence-corrected chi connectivity index (χ0v) is 15.1. The number of hydrogen-bond acceptors (Lipinski definition) is 6. The number of hydrogen-bond donors (Lipinski definition) is 1. The second-order valence-electron chi connectivity index (χ2n) is 7.15. The Morgan fingerprint density at radius 1 is 1.24 bits per heavy atom. The van der Waals surface area contributed by atoms with Gasteiger partial charge in [0.1, 0.15) is 17.9 Å². The summed E-state index contributed by atoms with van der Waals surface area (Å²) < 4.78 is 7.00. The standard InChI is InChI=1S/C18H21N5O2/c1-9-10(2)22-23(11(9)3)17(24)13-8-25-16-14(13)15(19-12(4)20-16)21-18(5)6-7-18/h8H,6-7H2,1-5H3,(H,19,20,21). The highest BCUT2D eigenvalue weighted by Crippen LogP contribution is 2.40. The van der Waals surface area contributed by atoms with E-state index in [1.165, 1.54) is 10.9 Å². The SMILES string of the molecule is Cc1nc(NC2(C)CC2)c2c(C(=O)n3nc(C)c(C)c3C)coc2n1. The number of carbonyl (C=O) groups excluding carboxylic acids is 1. The number of nitrogens with zero attached hydrogens (tertiary/aromatic N) is 4. The predicted molar refractivity (Wildman–Crippen MR) is 94.0 cm³/mol. The average molecular weight is 339 g/mol. The van der Waals surface area contributed by atoms with Crippen LogP contribution in [0.2, 0.25) is 0 Å². The number of aromatic nitrogens is 4. The summed E-state index contributed by atoms with van der Waals surface area (Å²) in [7, 11) is 0. The first-order valence-electron chi connectivity index (χ1n) is 8.40. The maximum atomic E-state index is 13.1. The van der Waals surface area contributed by atoms with Gasteiger partial charge in [-0.1, -0.05) is 0 Å². The minimum absolute atomic E-state index is 0.0279. The van der Waals surface area contributed by atoms with Gasteiger partial charge in [0.05, 0.1) is 16.6 Å². The first-order chi connectivity index (χ1) is 11.8. The lowest BCUT2D eigenvalue weighted by Gasteiger charge is -2.13. The molecule has 7 nitrogen and oxygen atoms in total. The molecule has 3 aromatic heterocycles. The van der Waals surface area contributed by atoms with Crippen molar-refractivity contribution in [2.24, 2.45) is 0 Å². The maximum Gasteiger partial charge on any atom is 0.282 e. The summed E-state index contributed by atoms with van der Waals surface area (Å²) in [5.41, 5.74) is 3.55. The highest BCUT2D eigenvalue weighted by molar-refractivity contribution is 6.09. The Morgan fingerprint density at radius 2 is 1.96 bits per heavy atom. The Morgan fingerprint density at radius 3 is 2.56 bits per heavy atom. The minimum atomic E-state index is -0.232. The van der Waals surface area contributed by atoms with Crippen LogP contribution in [-0.2, 0) is 0 Å². The molecule has 0 aromatic carbocycles. The fourth-order valence-corrected chi connectivity index (χ4v) is 2.93. The zero-order chi connectivity index (χ0) is 17.9. The van der Waals surface area contributed by atoms with Gasteiger partial charge in [0, 0.05) is 11.2 Å². The Hall–Kier alpha value is -2.70. The lowest BCUT2D eigenvalue weighted by molar-refractivity contribution is 0.0943. The largest absolute Gasteiger partial charge is 0.445 e. The molecule has 0 spiro atoms. The van der Waals surface area contributed by atoms with Crippen LogP contribution < -0.4 is 5.32 Å². The third-order valence-corrected chi connectivity index (χ3v) is 5.04. The molecule has 0 unspecified atom stereocenters. The second-order valence-corrected chi connectivity index (χ2v) is 7.15. The zero-order valence-electron chi connectivity index (χ0n) is 15.1. The molecule has 0 radical (unpaired) electrons. The molecule has 130 valence electrons. The molecule has 3 aromatic rings. The van der Waals surface area contributed by atoms with Crippen molar-refractivity contribution in [2.45, 2.75) is 53.0 Å². The summed E-state index contributed by atoms with van der Waals surface area (Å²) in [6, 6.07) is 0. The molecule has 0 amide bonds. The molecule has 0 aliphatic heterocycles. The van der Waals surface area contributed by atoms with Crippen molar-refractivity contribution in [3.05, 3.63) is 34.6 Å². The molecule has 0 bridgehead atoms. The van der Waals surface area contributed by atoms with Gasteiger partial charge in [-0.15, -0.1) is 0 Å². The van der Waals surface area contributed by atoms with Gasteiger partial charge in [-0.25, -0.2) is 9.67 Å². The average Bonchev–Trinajstić information content (AvgIpc) is 3.02. The summed E-state index contributed by atoms with van der Waals surface area (Å²) >= 11 is 0. The summed E-state index contributed by atoms with van der Waals surface area (Å²) in [6.07, 6.45) is 3.61. The van der Waals surface area contributed by atoms with E-state index in [9.17, 15) is 4.79 Å². The number of nitrogens with one attached hydrogen (secondary N) is 1. The van der Waals surface area contributed by atoms with Gasteiger partial charge in [0.15, 0.2) is 0 Å². The number of carbonyl (C=O) groups is 1. The van der Waals surface area contributed by atoms with Gasteiger partial charge in [0.2, 0.25) is 5.71 Å². The molecule has 1 fully saturated rings. The fourth-order valence-electron chi connectivity index (χ4n) is 2.93. The normalized spacial score (nSPS) is 15.6. The molecule has 1 N–H and O–H groups in total. The Kier molecular flexibility index (Phi) is 3.25. The van der Waals surface area contributed by atoms with Crippen LogP contribution in [0.3, 0.4) is 0 Å². The molecule has 0 saturated heterocycles. The number of fused-ring (bicyclic) bond motifs is 1. The topological polar surface area (TPSA) is 85.8 Å². The highest BCUT2D eigenvalue weighted by atomic mass is 16.3. The Bertz CT molecular complexity index is 1010. The lowest BCUT2D eigenvalue weighted by atomic mass is 10.2.